The van der Waals surface area contributed by atoms with Crippen LogP contribution in [0.2, 0.25) is 0 Å². The highest BCUT2D eigenvalue weighted by molar-refractivity contribution is 6.10. The third-order valence-corrected chi connectivity index (χ3v) is 3.70. The van der Waals surface area contributed by atoms with Crippen LogP contribution in [0.3, 0.4) is 0 Å². The molecule has 0 bridgehead atoms. The van der Waals surface area contributed by atoms with E-state index in [2.05, 4.69) is 67.1 Å². The van der Waals surface area contributed by atoms with E-state index in [1.807, 2.05) is 0 Å². The summed E-state index contributed by atoms with van der Waals surface area (Å²) < 4.78 is 2.37. The smallest absolute Gasteiger partial charge is 0.214 e. The number of rotatable bonds is 1. The first kappa shape index (κ1) is 11.2. The Morgan fingerprint density at radius 1 is 0.944 bits per heavy atom. The van der Waals surface area contributed by atoms with Crippen LogP contribution in [0.5, 0.6) is 0 Å². The molecule has 1 aliphatic rings. The zero-order valence-electron chi connectivity index (χ0n) is 11.0. The standard InChI is InChI=1S/C17H18N/c1-13-7-9-15(10-8-13)17-16-6-4-3-5-14(16)11-12-18(17)2/h3-10H,11-12H2,1-2H3/q+1. The molecule has 1 heteroatoms. The molecule has 1 heterocycles. The summed E-state index contributed by atoms with van der Waals surface area (Å²) in [7, 11) is 2.19. The molecule has 3 rings (SSSR count). The Balaban J connectivity index is 2.17. The van der Waals surface area contributed by atoms with Gasteiger partial charge in [0.1, 0.15) is 13.6 Å². The second kappa shape index (κ2) is 4.41. The van der Waals surface area contributed by atoms with Gasteiger partial charge in [0.2, 0.25) is 5.71 Å². The Kier molecular flexibility index (Phi) is 2.75. The molecule has 0 saturated heterocycles. The lowest BCUT2D eigenvalue weighted by Gasteiger charge is -2.16. The van der Waals surface area contributed by atoms with Crippen LogP contribution in [0.1, 0.15) is 22.3 Å². The summed E-state index contributed by atoms with van der Waals surface area (Å²) in [6, 6.07) is 17.6. The van der Waals surface area contributed by atoms with Crippen molar-refractivity contribution in [1.82, 2.24) is 0 Å². The van der Waals surface area contributed by atoms with Gasteiger partial charge in [0.05, 0.1) is 0 Å². The van der Waals surface area contributed by atoms with Gasteiger partial charge >= 0.3 is 0 Å². The fraction of sp³-hybridized carbons (Fsp3) is 0.235. The number of aryl methyl sites for hydroxylation is 1. The normalized spacial score (nSPS) is 14.6. The van der Waals surface area contributed by atoms with E-state index in [4.69, 9.17) is 0 Å². The van der Waals surface area contributed by atoms with E-state index in [0.29, 0.717) is 0 Å². The maximum Gasteiger partial charge on any atom is 0.214 e. The van der Waals surface area contributed by atoms with Crippen LogP contribution in [0.25, 0.3) is 0 Å². The summed E-state index contributed by atoms with van der Waals surface area (Å²) in [5.41, 5.74) is 6.83. The van der Waals surface area contributed by atoms with Gasteiger partial charge in [0.15, 0.2) is 0 Å². The van der Waals surface area contributed by atoms with Gasteiger partial charge in [-0.15, -0.1) is 0 Å². The van der Waals surface area contributed by atoms with E-state index in [-0.39, 0.29) is 0 Å². The van der Waals surface area contributed by atoms with Crippen LogP contribution in [0.15, 0.2) is 48.5 Å². The molecule has 0 amide bonds. The van der Waals surface area contributed by atoms with E-state index in [9.17, 15) is 0 Å². The third kappa shape index (κ3) is 1.86. The van der Waals surface area contributed by atoms with Crippen LogP contribution in [-0.2, 0) is 6.42 Å². The van der Waals surface area contributed by atoms with Gasteiger partial charge in [-0.3, -0.25) is 0 Å². The van der Waals surface area contributed by atoms with Gasteiger partial charge in [-0.1, -0.05) is 35.9 Å². The molecule has 0 unspecified atom stereocenters. The third-order valence-electron chi connectivity index (χ3n) is 3.70. The molecule has 0 saturated carbocycles. The molecule has 0 radical (unpaired) electrons. The number of nitrogens with zero attached hydrogens (tertiary/aromatic N) is 1. The molecule has 0 aromatic heterocycles. The van der Waals surface area contributed by atoms with Crippen molar-refractivity contribution >= 4 is 5.71 Å². The lowest BCUT2D eigenvalue weighted by molar-refractivity contribution is -0.497. The average molecular weight is 236 g/mol. The van der Waals surface area contributed by atoms with Crippen molar-refractivity contribution in [3.8, 4) is 0 Å². The van der Waals surface area contributed by atoms with Gasteiger partial charge in [-0.2, -0.15) is 0 Å². The first-order valence-corrected chi connectivity index (χ1v) is 6.49. The first-order valence-electron chi connectivity index (χ1n) is 6.49. The van der Waals surface area contributed by atoms with Crippen molar-refractivity contribution in [3.05, 3.63) is 70.8 Å². The zero-order chi connectivity index (χ0) is 12.5. The van der Waals surface area contributed by atoms with Crippen molar-refractivity contribution in [1.29, 1.82) is 0 Å². The SMILES string of the molecule is Cc1ccc(C2=[N+](C)CCc3ccccc32)cc1. The predicted octanol–water partition coefficient (Wildman–Crippen LogP) is 3.03. The number of hydrogen-bond donors (Lipinski definition) is 0. The van der Waals surface area contributed by atoms with E-state index >= 15 is 0 Å². The average Bonchev–Trinajstić information content (AvgIpc) is 2.40. The monoisotopic (exact) mass is 236 g/mol. The van der Waals surface area contributed by atoms with Gasteiger partial charge in [0.25, 0.3) is 0 Å². The molecule has 0 atom stereocenters. The Morgan fingerprint density at radius 3 is 2.44 bits per heavy atom. The lowest BCUT2D eigenvalue weighted by Crippen LogP contribution is -2.28. The van der Waals surface area contributed by atoms with Crippen LogP contribution < -0.4 is 0 Å². The second-order valence-corrected chi connectivity index (χ2v) is 5.04. The van der Waals surface area contributed by atoms with Gasteiger partial charge < -0.3 is 0 Å². The fourth-order valence-corrected chi connectivity index (χ4v) is 2.66. The molecule has 90 valence electrons. The van der Waals surface area contributed by atoms with E-state index in [0.717, 1.165) is 13.0 Å². The summed E-state index contributed by atoms with van der Waals surface area (Å²) in [6.07, 6.45) is 1.14. The van der Waals surface area contributed by atoms with Gasteiger partial charge in [-0.05, 0) is 30.7 Å². The van der Waals surface area contributed by atoms with E-state index in [1.54, 1.807) is 0 Å². The maximum atomic E-state index is 2.37. The fourth-order valence-electron chi connectivity index (χ4n) is 2.66. The van der Waals surface area contributed by atoms with Crippen LogP contribution in [0, 0.1) is 6.92 Å². The van der Waals surface area contributed by atoms with Crippen LogP contribution >= 0.6 is 0 Å². The number of fused-ring (bicyclic) bond motifs is 1. The highest BCUT2D eigenvalue weighted by Gasteiger charge is 2.23. The quantitative estimate of drug-likeness (QED) is 0.670. The maximum absolute atomic E-state index is 2.37. The molecule has 0 spiro atoms. The van der Waals surface area contributed by atoms with Crippen molar-refractivity contribution in [2.75, 3.05) is 13.6 Å². The van der Waals surface area contributed by atoms with Crippen molar-refractivity contribution in [3.63, 3.8) is 0 Å². The Morgan fingerprint density at radius 2 is 1.67 bits per heavy atom. The molecule has 18 heavy (non-hydrogen) atoms. The molecule has 0 aliphatic carbocycles. The molecule has 2 aromatic rings. The largest absolute Gasteiger partial charge is 0.231 e. The lowest BCUT2D eigenvalue weighted by atomic mass is 9.92. The summed E-state index contributed by atoms with van der Waals surface area (Å²) in [4.78, 5) is 0. The minimum Gasteiger partial charge on any atom is -0.231 e. The first-order chi connectivity index (χ1) is 8.75. The van der Waals surface area contributed by atoms with Crippen LogP contribution in [0.4, 0.5) is 0 Å². The van der Waals surface area contributed by atoms with Gasteiger partial charge in [-0.25, -0.2) is 4.58 Å². The highest BCUT2D eigenvalue weighted by Crippen LogP contribution is 2.19. The highest BCUT2D eigenvalue weighted by atomic mass is 15.0. The summed E-state index contributed by atoms with van der Waals surface area (Å²) in [5.74, 6) is 0. The topological polar surface area (TPSA) is 3.01 Å². The molecular weight excluding hydrogens is 218 g/mol. The number of likely N-dealkylation sites (N-methyl/N-ethyl adjacent to an activating group) is 1. The van der Waals surface area contributed by atoms with Crippen molar-refractivity contribution < 1.29 is 4.58 Å². The predicted molar refractivity (Wildman–Crippen MR) is 75.6 cm³/mol. The summed E-state index contributed by atoms with van der Waals surface area (Å²) >= 11 is 0. The summed E-state index contributed by atoms with van der Waals surface area (Å²) in [6.45, 7) is 3.23. The number of hydrogen-bond acceptors (Lipinski definition) is 0. The van der Waals surface area contributed by atoms with E-state index in [1.165, 1.54) is 28.0 Å². The van der Waals surface area contributed by atoms with Crippen LogP contribution in [-0.4, -0.2) is 23.9 Å². The molecule has 0 fully saturated rings. The molecule has 0 N–H and O–H groups in total. The van der Waals surface area contributed by atoms with Crippen molar-refractivity contribution in [2.24, 2.45) is 0 Å². The summed E-state index contributed by atoms with van der Waals surface area (Å²) in [5, 5.41) is 0. The molecular formula is C17H18N+. The molecule has 2 aromatic carbocycles. The minimum absolute atomic E-state index is 1.10. The van der Waals surface area contributed by atoms with E-state index < -0.39 is 0 Å². The molecule has 1 nitrogen and oxygen atoms in total. The molecule has 1 aliphatic heterocycles. The Hall–Kier alpha value is -1.89. The van der Waals surface area contributed by atoms with Crippen molar-refractivity contribution in [2.45, 2.75) is 13.3 Å². The van der Waals surface area contributed by atoms with Gasteiger partial charge in [0, 0.05) is 17.5 Å². The number of benzene rings is 2. The Bertz CT molecular complexity index is 606. The minimum atomic E-state index is 1.10. The Labute approximate surface area is 108 Å². The zero-order valence-corrected chi connectivity index (χ0v) is 11.0. The second-order valence-electron chi connectivity index (χ2n) is 5.04.